The van der Waals surface area contributed by atoms with Crippen LogP contribution in [-0.2, 0) is 6.42 Å². The lowest BCUT2D eigenvalue weighted by Crippen LogP contribution is -2.34. The summed E-state index contributed by atoms with van der Waals surface area (Å²) < 4.78 is 0. The maximum Gasteiger partial charge on any atom is 0.132 e. The van der Waals surface area contributed by atoms with Gasteiger partial charge in [-0.25, -0.2) is 9.97 Å². The lowest BCUT2D eigenvalue weighted by Gasteiger charge is -2.30. The van der Waals surface area contributed by atoms with Crippen molar-refractivity contribution >= 4 is 17.4 Å². The Kier molecular flexibility index (Phi) is 3.41. The summed E-state index contributed by atoms with van der Waals surface area (Å²) in [4.78, 5) is 10.8. The molecule has 0 radical (unpaired) electrons. The summed E-state index contributed by atoms with van der Waals surface area (Å²) in [6.07, 6.45) is 4.71. The largest absolute Gasteiger partial charge is 0.356 e. The first-order valence-corrected chi connectivity index (χ1v) is 5.93. The summed E-state index contributed by atoms with van der Waals surface area (Å²) in [7, 11) is 0. The van der Waals surface area contributed by atoms with Crippen molar-refractivity contribution in [1.82, 2.24) is 9.97 Å². The van der Waals surface area contributed by atoms with E-state index in [2.05, 4.69) is 27.9 Å². The van der Waals surface area contributed by atoms with Crippen molar-refractivity contribution in [1.29, 1.82) is 0 Å². The van der Waals surface area contributed by atoms with E-state index in [0.717, 1.165) is 43.9 Å². The molecule has 0 bridgehead atoms. The lowest BCUT2D eigenvalue weighted by atomic mass is 10.1. The molecule has 82 valence electrons. The fourth-order valence-electron chi connectivity index (χ4n) is 1.83. The second kappa shape index (κ2) is 4.79. The second-order valence-corrected chi connectivity index (χ2v) is 4.50. The van der Waals surface area contributed by atoms with Crippen molar-refractivity contribution in [2.45, 2.75) is 31.6 Å². The molecule has 0 atom stereocenters. The molecule has 15 heavy (non-hydrogen) atoms. The molecule has 0 aliphatic carbocycles. The molecule has 0 spiro atoms. The van der Waals surface area contributed by atoms with Gasteiger partial charge < -0.3 is 4.90 Å². The van der Waals surface area contributed by atoms with Gasteiger partial charge in [0.15, 0.2) is 0 Å². The minimum Gasteiger partial charge on any atom is -0.356 e. The van der Waals surface area contributed by atoms with Gasteiger partial charge >= 0.3 is 0 Å². The van der Waals surface area contributed by atoms with Gasteiger partial charge in [-0.05, 0) is 19.3 Å². The van der Waals surface area contributed by atoms with Crippen LogP contribution in [0.4, 0.5) is 5.82 Å². The van der Waals surface area contributed by atoms with E-state index < -0.39 is 0 Å². The number of alkyl halides is 1. The van der Waals surface area contributed by atoms with Crippen molar-refractivity contribution in [3.63, 3.8) is 0 Å². The quantitative estimate of drug-likeness (QED) is 0.723. The van der Waals surface area contributed by atoms with Gasteiger partial charge in [-0.15, -0.1) is 11.6 Å². The van der Waals surface area contributed by atoms with E-state index in [1.165, 1.54) is 0 Å². The molecule has 1 aromatic heterocycles. The smallest absolute Gasteiger partial charge is 0.132 e. The molecule has 1 aromatic rings. The fourth-order valence-corrected chi connectivity index (χ4v) is 2.02. The van der Waals surface area contributed by atoms with Gasteiger partial charge in [0.05, 0.1) is 0 Å². The molecule has 4 heteroatoms. The van der Waals surface area contributed by atoms with Crippen LogP contribution in [0.25, 0.3) is 0 Å². The lowest BCUT2D eigenvalue weighted by molar-refractivity contribution is 0.579. The minimum absolute atomic E-state index is 0.341. The van der Waals surface area contributed by atoms with Crippen molar-refractivity contribution < 1.29 is 0 Å². The van der Waals surface area contributed by atoms with Crippen LogP contribution in [0.15, 0.2) is 12.4 Å². The zero-order chi connectivity index (χ0) is 10.7. The molecule has 2 heterocycles. The molecule has 2 rings (SSSR count). The molecule has 0 amide bonds. The molecule has 1 aliphatic heterocycles. The van der Waals surface area contributed by atoms with Crippen LogP contribution in [0.5, 0.6) is 0 Å². The number of piperidine rings is 1. The number of aryl methyl sites for hydroxylation is 1. The van der Waals surface area contributed by atoms with E-state index >= 15 is 0 Å². The Balaban J connectivity index is 2.08. The van der Waals surface area contributed by atoms with Gasteiger partial charge in [0, 0.05) is 30.2 Å². The van der Waals surface area contributed by atoms with Crippen LogP contribution in [0.2, 0.25) is 0 Å². The van der Waals surface area contributed by atoms with Gasteiger partial charge in [-0.3, -0.25) is 0 Å². The van der Waals surface area contributed by atoms with Gasteiger partial charge in [-0.1, -0.05) is 6.92 Å². The number of anilines is 1. The van der Waals surface area contributed by atoms with Gasteiger partial charge in [-0.2, -0.15) is 0 Å². The molecule has 0 saturated carbocycles. The van der Waals surface area contributed by atoms with Crippen molar-refractivity contribution in [3.05, 3.63) is 18.1 Å². The molecule has 1 saturated heterocycles. The first kappa shape index (κ1) is 10.7. The number of aromatic nitrogens is 2. The summed E-state index contributed by atoms with van der Waals surface area (Å²) in [6.45, 7) is 4.12. The third-order valence-electron chi connectivity index (χ3n) is 2.82. The predicted octanol–water partition coefficient (Wildman–Crippen LogP) is 2.25. The summed E-state index contributed by atoms with van der Waals surface area (Å²) >= 11 is 6.07. The summed E-state index contributed by atoms with van der Waals surface area (Å²) in [6, 6.07) is 2.08. The maximum atomic E-state index is 6.07. The predicted molar refractivity (Wildman–Crippen MR) is 62.5 cm³/mol. The molecule has 0 aromatic carbocycles. The SMILES string of the molecule is CCc1cc(N2CCC(Cl)CC2)ncn1. The Labute approximate surface area is 95.5 Å². The van der Waals surface area contributed by atoms with E-state index in [1.54, 1.807) is 6.33 Å². The Morgan fingerprint density at radius 1 is 1.40 bits per heavy atom. The number of halogens is 1. The van der Waals surface area contributed by atoms with E-state index in [4.69, 9.17) is 11.6 Å². The first-order valence-electron chi connectivity index (χ1n) is 5.49. The van der Waals surface area contributed by atoms with E-state index in [0.29, 0.717) is 5.38 Å². The normalized spacial score (nSPS) is 18.1. The Morgan fingerprint density at radius 2 is 2.13 bits per heavy atom. The minimum atomic E-state index is 0.341. The molecular weight excluding hydrogens is 210 g/mol. The molecule has 3 nitrogen and oxygen atoms in total. The van der Waals surface area contributed by atoms with Crippen LogP contribution in [0, 0.1) is 0 Å². The van der Waals surface area contributed by atoms with Crippen LogP contribution in [0.1, 0.15) is 25.5 Å². The number of hydrogen-bond donors (Lipinski definition) is 0. The highest BCUT2D eigenvalue weighted by molar-refractivity contribution is 6.20. The third-order valence-corrected chi connectivity index (χ3v) is 3.26. The summed E-state index contributed by atoms with van der Waals surface area (Å²) in [5, 5.41) is 0.341. The van der Waals surface area contributed by atoms with Crippen molar-refractivity contribution in [2.24, 2.45) is 0 Å². The highest BCUT2D eigenvalue weighted by atomic mass is 35.5. The summed E-state index contributed by atoms with van der Waals surface area (Å²) in [5.41, 5.74) is 1.10. The van der Waals surface area contributed by atoms with Gasteiger partial charge in [0.25, 0.3) is 0 Å². The monoisotopic (exact) mass is 225 g/mol. The Hall–Kier alpha value is -0.830. The van der Waals surface area contributed by atoms with E-state index in [1.807, 2.05) is 0 Å². The van der Waals surface area contributed by atoms with Crippen LogP contribution in [0.3, 0.4) is 0 Å². The van der Waals surface area contributed by atoms with Crippen molar-refractivity contribution in [3.8, 4) is 0 Å². The third kappa shape index (κ3) is 2.59. The zero-order valence-corrected chi connectivity index (χ0v) is 9.74. The summed E-state index contributed by atoms with van der Waals surface area (Å²) in [5.74, 6) is 1.05. The average molecular weight is 226 g/mol. The average Bonchev–Trinajstić information content (AvgIpc) is 2.30. The Morgan fingerprint density at radius 3 is 2.80 bits per heavy atom. The molecule has 0 N–H and O–H groups in total. The molecule has 0 unspecified atom stereocenters. The van der Waals surface area contributed by atoms with Gasteiger partial charge in [0.1, 0.15) is 12.1 Å². The highest BCUT2D eigenvalue weighted by Crippen LogP contribution is 2.20. The standard InChI is InChI=1S/C11H16ClN3/c1-2-10-7-11(14-8-13-10)15-5-3-9(12)4-6-15/h7-9H,2-6H2,1H3. The molecular formula is C11H16ClN3. The van der Waals surface area contributed by atoms with Gasteiger partial charge in [0.2, 0.25) is 0 Å². The first-order chi connectivity index (χ1) is 7.29. The zero-order valence-electron chi connectivity index (χ0n) is 8.99. The maximum absolute atomic E-state index is 6.07. The van der Waals surface area contributed by atoms with E-state index in [-0.39, 0.29) is 0 Å². The van der Waals surface area contributed by atoms with Crippen molar-refractivity contribution in [2.75, 3.05) is 18.0 Å². The molecule has 1 fully saturated rings. The van der Waals surface area contributed by atoms with Crippen LogP contribution >= 0.6 is 11.6 Å². The Bertz CT molecular complexity index is 321. The number of hydrogen-bond acceptors (Lipinski definition) is 3. The number of nitrogens with zero attached hydrogens (tertiary/aromatic N) is 3. The fraction of sp³-hybridized carbons (Fsp3) is 0.636. The topological polar surface area (TPSA) is 29.0 Å². The highest BCUT2D eigenvalue weighted by Gasteiger charge is 2.18. The van der Waals surface area contributed by atoms with E-state index in [9.17, 15) is 0 Å². The molecule has 1 aliphatic rings. The van der Waals surface area contributed by atoms with Crippen LogP contribution < -0.4 is 4.90 Å². The van der Waals surface area contributed by atoms with Crippen LogP contribution in [-0.4, -0.2) is 28.4 Å². The second-order valence-electron chi connectivity index (χ2n) is 3.88. The number of rotatable bonds is 2.